The molecule has 0 saturated heterocycles. The molecular weight excluding hydrogens is 336 g/mol. The molecular formula is C21H32N6. The number of hydrogen-bond acceptors (Lipinski definition) is 6. The van der Waals surface area contributed by atoms with E-state index in [1.165, 1.54) is 11.3 Å². The van der Waals surface area contributed by atoms with Crippen LogP contribution in [0.4, 0.5) is 11.8 Å². The molecule has 0 spiro atoms. The standard InChI is InChI=1S/C21H32N6/c1-6-26(7-2)20-22-12-9-19(25-20)27-13-10-17-16(15-27)14-23-18(24-17)8-11-21(3,4)5/h9,12,14H,6-8,10-11,13,15H2,1-5H3. The second kappa shape index (κ2) is 8.19. The Kier molecular flexibility index (Phi) is 5.92. The zero-order chi connectivity index (χ0) is 19.4. The first-order valence-corrected chi connectivity index (χ1v) is 10.1. The van der Waals surface area contributed by atoms with E-state index in [1.54, 1.807) is 0 Å². The fourth-order valence-corrected chi connectivity index (χ4v) is 3.33. The van der Waals surface area contributed by atoms with E-state index >= 15 is 0 Å². The molecule has 0 fully saturated rings. The van der Waals surface area contributed by atoms with Crippen molar-refractivity contribution in [3.05, 3.63) is 35.5 Å². The van der Waals surface area contributed by atoms with Crippen LogP contribution in [0.1, 0.15) is 58.1 Å². The lowest BCUT2D eigenvalue weighted by Gasteiger charge is -2.30. The molecule has 1 aliphatic heterocycles. The van der Waals surface area contributed by atoms with E-state index in [9.17, 15) is 0 Å². The maximum atomic E-state index is 4.84. The summed E-state index contributed by atoms with van der Waals surface area (Å²) in [4.78, 5) is 23.1. The molecule has 0 aromatic carbocycles. The topological polar surface area (TPSA) is 58.0 Å². The zero-order valence-electron chi connectivity index (χ0n) is 17.4. The van der Waals surface area contributed by atoms with Crippen LogP contribution in [-0.4, -0.2) is 39.6 Å². The summed E-state index contributed by atoms with van der Waals surface area (Å²) in [6.45, 7) is 14.6. The fourth-order valence-electron chi connectivity index (χ4n) is 3.33. The van der Waals surface area contributed by atoms with Gasteiger partial charge in [0.1, 0.15) is 11.6 Å². The molecule has 1 aliphatic rings. The minimum atomic E-state index is 0.311. The van der Waals surface area contributed by atoms with E-state index in [4.69, 9.17) is 9.97 Å². The summed E-state index contributed by atoms with van der Waals surface area (Å²) in [6, 6.07) is 2.00. The first-order valence-electron chi connectivity index (χ1n) is 10.1. The summed E-state index contributed by atoms with van der Waals surface area (Å²) in [5, 5.41) is 0. The summed E-state index contributed by atoms with van der Waals surface area (Å²) in [6.07, 6.45) is 6.86. The molecule has 0 unspecified atom stereocenters. The lowest BCUT2D eigenvalue weighted by molar-refractivity contribution is 0.374. The highest BCUT2D eigenvalue weighted by Gasteiger charge is 2.21. The normalized spacial score (nSPS) is 14.2. The number of anilines is 2. The highest BCUT2D eigenvalue weighted by molar-refractivity contribution is 5.46. The molecule has 3 heterocycles. The number of rotatable bonds is 6. The van der Waals surface area contributed by atoms with Crippen molar-refractivity contribution in [1.82, 2.24) is 19.9 Å². The third-order valence-electron chi connectivity index (χ3n) is 5.08. The molecule has 0 aliphatic carbocycles. The fraction of sp³-hybridized carbons (Fsp3) is 0.619. The molecule has 146 valence electrons. The van der Waals surface area contributed by atoms with Crippen LogP contribution in [0, 0.1) is 5.41 Å². The van der Waals surface area contributed by atoms with Crippen LogP contribution in [0.3, 0.4) is 0 Å². The molecule has 27 heavy (non-hydrogen) atoms. The number of fused-ring (bicyclic) bond motifs is 1. The number of hydrogen-bond donors (Lipinski definition) is 0. The lowest BCUT2D eigenvalue weighted by Crippen LogP contribution is -2.33. The number of nitrogens with zero attached hydrogens (tertiary/aromatic N) is 6. The minimum absolute atomic E-state index is 0.311. The maximum Gasteiger partial charge on any atom is 0.227 e. The molecule has 0 bridgehead atoms. The number of aryl methyl sites for hydroxylation is 1. The van der Waals surface area contributed by atoms with Crippen molar-refractivity contribution in [1.29, 1.82) is 0 Å². The van der Waals surface area contributed by atoms with Gasteiger partial charge in [-0.3, -0.25) is 0 Å². The first kappa shape index (κ1) is 19.5. The second-order valence-electron chi connectivity index (χ2n) is 8.38. The average Bonchev–Trinajstić information content (AvgIpc) is 2.66. The van der Waals surface area contributed by atoms with Crippen LogP contribution in [0.2, 0.25) is 0 Å². The van der Waals surface area contributed by atoms with Crippen LogP contribution in [0.5, 0.6) is 0 Å². The van der Waals surface area contributed by atoms with Gasteiger partial charge < -0.3 is 9.80 Å². The molecule has 0 N–H and O–H groups in total. The zero-order valence-corrected chi connectivity index (χ0v) is 17.4. The van der Waals surface area contributed by atoms with Crippen molar-refractivity contribution in [2.24, 2.45) is 5.41 Å². The molecule has 6 heteroatoms. The van der Waals surface area contributed by atoms with Crippen molar-refractivity contribution in [3.8, 4) is 0 Å². The first-order chi connectivity index (χ1) is 12.9. The Morgan fingerprint density at radius 1 is 1.11 bits per heavy atom. The molecule has 0 amide bonds. The summed E-state index contributed by atoms with van der Waals surface area (Å²) in [5.74, 6) is 2.76. The van der Waals surface area contributed by atoms with Crippen molar-refractivity contribution in [2.75, 3.05) is 29.4 Å². The third kappa shape index (κ3) is 4.93. The van der Waals surface area contributed by atoms with E-state index in [-0.39, 0.29) is 0 Å². The van der Waals surface area contributed by atoms with Crippen LogP contribution in [0.15, 0.2) is 18.5 Å². The van der Waals surface area contributed by atoms with Gasteiger partial charge in [-0.05, 0) is 31.7 Å². The van der Waals surface area contributed by atoms with Gasteiger partial charge in [0.25, 0.3) is 0 Å². The quantitative estimate of drug-likeness (QED) is 0.776. The van der Waals surface area contributed by atoms with Crippen LogP contribution in [0.25, 0.3) is 0 Å². The largest absolute Gasteiger partial charge is 0.352 e. The molecule has 2 aromatic rings. The minimum Gasteiger partial charge on any atom is -0.352 e. The molecule has 6 nitrogen and oxygen atoms in total. The lowest BCUT2D eigenvalue weighted by atomic mass is 9.90. The van der Waals surface area contributed by atoms with E-state index in [1.807, 2.05) is 18.5 Å². The number of aromatic nitrogens is 4. The summed E-state index contributed by atoms with van der Waals surface area (Å²) < 4.78 is 0. The third-order valence-corrected chi connectivity index (χ3v) is 5.08. The maximum absolute atomic E-state index is 4.84. The predicted molar refractivity (Wildman–Crippen MR) is 110 cm³/mol. The van der Waals surface area contributed by atoms with E-state index in [0.717, 1.165) is 63.0 Å². The van der Waals surface area contributed by atoms with Gasteiger partial charge in [-0.1, -0.05) is 20.8 Å². The predicted octanol–water partition coefficient (Wildman–Crippen LogP) is 3.65. The van der Waals surface area contributed by atoms with Gasteiger partial charge in [-0.2, -0.15) is 4.98 Å². The van der Waals surface area contributed by atoms with Gasteiger partial charge in [-0.15, -0.1) is 0 Å². The van der Waals surface area contributed by atoms with E-state index < -0.39 is 0 Å². The van der Waals surface area contributed by atoms with Gasteiger partial charge in [0.15, 0.2) is 0 Å². The van der Waals surface area contributed by atoms with Gasteiger partial charge in [0.05, 0.1) is 5.69 Å². The Morgan fingerprint density at radius 3 is 2.59 bits per heavy atom. The van der Waals surface area contributed by atoms with Crippen molar-refractivity contribution >= 4 is 11.8 Å². The highest BCUT2D eigenvalue weighted by atomic mass is 15.3. The van der Waals surface area contributed by atoms with Gasteiger partial charge >= 0.3 is 0 Å². The SMILES string of the molecule is CCN(CC)c1nccc(N2CCc3nc(CCC(C)(C)C)ncc3C2)n1. The van der Waals surface area contributed by atoms with E-state index in [2.05, 4.69) is 54.4 Å². The van der Waals surface area contributed by atoms with Crippen molar-refractivity contribution in [3.63, 3.8) is 0 Å². The van der Waals surface area contributed by atoms with Crippen molar-refractivity contribution in [2.45, 2.75) is 60.4 Å². The van der Waals surface area contributed by atoms with E-state index in [0.29, 0.717) is 5.41 Å². The highest BCUT2D eigenvalue weighted by Crippen LogP contribution is 2.24. The smallest absolute Gasteiger partial charge is 0.227 e. The van der Waals surface area contributed by atoms with Gasteiger partial charge in [0.2, 0.25) is 5.95 Å². The average molecular weight is 369 g/mol. The summed E-state index contributed by atoms with van der Waals surface area (Å²) >= 11 is 0. The Balaban J connectivity index is 1.72. The summed E-state index contributed by atoms with van der Waals surface area (Å²) in [7, 11) is 0. The molecule has 2 aromatic heterocycles. The Morgan fingerprint density at radius 2 is 1.89 bits per heavy atom. The van der Waals surface area contributed by atoms with Crippen LogP contribution >= 0.6 is 0 Å². The van der Waals surface area contributed by atoms with Crippen LogP contribution < -0.4 is 9.80 Å². The molecule has 3 rings (SSSR count). The Bertz CT molecular complexity index is 764. The second-order valence-corrected chi connectivity index (χ2v) is 8.38. The van der Waals surface area contributed by atoms with Gasteiger partial charge in [0, 0.05) is 57.0 Å². The van der Waals surface area contributed by atoms with Crippen molar-refractivity contribution < 1.29 is 0 Å². The summed E-state index contributed by atoms with van der Waals surface area (Å²) in [5.41, 5.74) is 2.72. The van der Waals surface area contributed by atoms with Gasteiger partial charge in [-0.25, -0.2) is 15.0 Å². The molecule has 0 radical (unpaired) electrons. The molecule has 0 atom stereocenters. The monoisotopic (exact) mass is 368 g/mol. The Hall–Kier alpha value is -2.24. The molecule has 0 saturated carbocycles. The Labute approximate surface area is 163 Å². The van der Waals surface area contributed by atoms with Crippen LogP contribution in [-0.2, 0) is 19.4 Å².